The van der Waals surface area contributed by atoms with Crippen LogP contribution in [0.25, 0.3) is 0 Å². The van der Waals surface area contributed by atoms with Crippen LogP contribution in [0.2, 0.25) is 0 Å². The summed E-state index contributed by atoms with van der Waals surface area (Å²) in [5.74, 6) is 1.83. The van der Waals surface area contributed by atoms with Crippen molar-refractivity contribution in [1.82, 2.24) is 19.2 Å². The monoisotopic (exact) mass is 862 g/mol. The second-order valence-electron chi connectivity index (χ2n) is 14.6. The summed E-state index contributed by atoms with van der Waals surface area (Å²) in [7, 11) is 1.44. The van der Waals surface area contributed by atoms with Crippen LogP contribution in [0.3, 0.4) is 0 Å². The molecule has 0 spiro atoms. The Kier molecular flexibility index (Phi) is 15.7. The van der Waals surface area contributed by atoms with Gasteiger partial charge >= 0.3 is 14.2 Å². The maximum absolute atomic E-state index is 13.6. The second-order valence-corrected chi connectivity index (χ2v) is 16.0. The van der Waals surface area contributed by atoms with Crippen molar-refractivity contribution in [3.05, 3.63) is 154 Å². The van der Waals surface area contributed by atoms with Crippen molar-refractivity contribution in [3.8, 4) is 23.3 Å². The summed E-state index contributed by atoms with van der Waals surface area (Å²) in [5, 5.41) is 11.9. The highest BCUT2D eigenvalue weighted by Gasteiger charge is 2.41. The molecule has 16 heteroatoms. The van der Waals surface area contributed by atoms with E-state index < -0.39 is 32.0 Å². The number of rotatable bonds is 21. The Morgan fingerprint density at radius 1 is 0.887 bits per heavy atom. The smallest absolute Gasteiger partial charge is 0.355 e. The fourth-order valence-corrected chi connectivity index (χ4v) is 8.60. The van der Waals surface area contributed by atoms with Gasteiger partial charge in [0.1, 0.15) is 35.8 Å². The Morgan fingerprint density at radius 2 is 1.47 bits per heavy atom. The highest BCUT2D eigenvalue weighted by molar-refractivity contribution is 7.44. The second kappa shape index (κ2) is 21.5. The van der Waals surface area contributed by atoms with Gasteiger partial charge in [0, 0.05) is 12.1 Å². The molecule has 1 aromatic heterocycles. The molecule has 5 aromatic rings. The summed E-state index contributed by atoms with van der Waals surface area (Å²) in [6.07, 6.45) is 0.543. The number of nitriles is 1. The number of carbonyl (C=O) groups is 1. The van der Waals surface area contributed by atoms with Gasteiger partial charge in [0.15, 0.2) is 24.4 Å². The summed E-state index contributed by atoms with van der Waals surface area (Å²) < 4.78 is 46.8. The minimum Gasteiger partial charge on any atom is -0.497 e. The van der Waals surface area contributed by atoms with Gasteiger partial charge in [-0.05, 0) is 80.8 Å². The molecule has 2 heterocycles. The van der Waals surface area contributed by atoms with Crippen molar-refractivity contribution in [2.75, 3.05) is 39.4 Å². The number of carbonyl (C=O) groups excluding carboxylic acids is 1. The number of hydrogen-bond donors (Lipinski definition) is 1. The lowest BCUT2D eigenvalue weighted by Gasteiger charge is -2.36. The summed E-state index contributed by atoms with van der Waals surface area (Å²) in [4.78, 5) is 34.6. The van der Waals surface area contributed by atoms with E-state index in [1.54, 1.807) is 38.5 Å². The Labute approximate surface area is 362 Å². The number of hydrogen-bond acceptors (Lipinski definition) is 13. The van der Waals surface area contributed by atoms with Crippen molar-refractivity contribution < 1.29 is 37.5 Å². The molecule has 324 valence electrons. The van der Waals surface area contributed by atoms with Crippen LogP contribution < -0.4 is 25.2 Å². The molecule has 62 heavy (non-hydrogen) atoms. The van der Waals surface area contributed by atoms with Crippen molar-refractivity contribution >= 4 is 20.4 Å². The minimum absolute atomic E-state index is 0.00866. The van der Waals surface area contributed by atoms with Gasteiger partial charge in [-0.2, -0.15) is 10.2 Å². The number of ether oxygens (including phenoxy) is 5. The molecule has 0 radical (unpaired) electrons. The third-order valence-electron chi connectivity index (χ3n) is 9.79. The molecule has 1 aliphatic rings. The number of methoxy groups -OCH3 is 2. The number of aromatic nitrogens is 3. The van der Waals surface area contributed by atoms with Gasteiger partial charge in [-0.3, -0.25) is 10.1 Å². The normalized spacial score (nSPS) is 14.4. The molecule has 0 saturated heterocycles. The van der Waals surface area contributed by atoms with Crippen LogP contribution in [0.15, 0.2) is 132 Å². The van der Waals surface area contributed by atoms with Crippen molar-refractivity contribution in [2.45, 2.75) is 64.4 Å². The average Bonchev–Trinajstić information content (AvgIpc) is 3.68. The molecule has 1 unspecified atom stereocenters. The van der Waals surface area contributed by atoms with Gasteiger partial charge in [-0.1, -0.05) is 72.8 Å². The van der Waals surface area contributed by atoms with Crippen LogP contribution in [0.5, 0.6) is 17.2 Å². The lowest BCUT2D eigenvalue weighted by Crippen LogP contribution is -2.34. The van der Waals surface area contributed by atoms with Crippen LogP contribution in [-0.2, 0) is 28.9 Å². The van der Waals surface area contributed by atoms with Crippen LogP contribution in [0, 0.1) is 11.3 Å². The van der Waals surface area contributed by atoms with Gasteiger partial charge in [0.2, 0.25) is 5.95 Å². The van der Waals surface area contributed by atoms with Crippen molar-refractivity contribution in [2.24, 2.45) is 0 Å². The first kappa shape index (κ1) is 45.2. The van der Waals surface area contributed by atoms with Crippen LogP contribution >= 0.6 is 8.53 Å². The predicted molar refractivity (Wildman–Crippen MR) is 233 cm³/mol. The SMILES string of the molecule is COc1ccc(C(OCC2=C(OP(OCCC#N)N(C(C)C)C(C)C)C[C@H](n3cnc(NC(=O)COc4ccccc4)nc3=O)O2)(c2ccccc2)c2ccc(OC)cc2)cc1. The van der Waals surface area contributed by atoms with Crippen LogP contribution in [0.4, 0.5) is 5.95 Å². The first-order valence-electron chi connectivity index (χ1n) is 20.1. The van der Waals surface area contributed by atoms with E-state index in [2.05, 4.69) is 26.0 Å². The van der Waals surface area contributed by atoms with Crippen LogP contribution in [-0.4, -0.2) is 71.2 Å². The molecule has 0 saturated carbocycles. The molecule has 15 nitrogen and oxygen atoms in total. The topological polar surface area (TPSA) is 169 Å². The van der Waals surface area contributed by atoms with E-state index in [9.17, 15) is 14.9 Å². The van der Waals surface area contributed by atoms with E-state index in [0.29, 0.717) is 28.8 Å². The Balaban J connectivity index is 1.37. The van der Waals surface area contributed by atoms with Gasteiger partial charge in [-0.15, -0.1) is 0 Å². The molecule has 4 aromatic carbocycles. The zero-order valence-corrected chi connectivity index (χ0v) is 36.5. The predicted octanol–water partition coefficient (Wildman–Crippen LogP) is 8.10. The number of amides is 1. The van der Waals surface area contributed by atoms with Crippen LogP contribution in [0.1, 0.15) is 63.5 Å². The maximum atomic E-state index is 13.6. The summed E-state index contributed by atoms with van der Waals surface area (Å²) in [6, 6.07) is 36.2. The largest absolute Gasteiger partial charge is 0.497 e. The third kappa shape index (κ3) is 11.0. The van der Waals surface area contributed by atoms with E-state index in [1.165, 1.54) is 10.9 Å². The van der Waals surface area contributed by atoms with Gasteiger partial charge in [0.05, 0.1) is 39.7 Å². The number of nitrogens with one attached hydrogen (secondary N) is 1. The van der Waals surface area contributed by atoms with E-state index in [-0.39, 0.29) is 50.7 Å². The first-order chi connectivity index (χ1) is 30.1. The van der Waals surface area contributed by atoms with E-state index in [4.69, 9.17) is 32.7 Å². The highest BCUT2D eigenvalue weighted by Crippen LogP contribution is 2.51. The maximum Gasteiger partial charge on any atom is 0.355 e. The summed E-state index contributed by atoms with van der Waals surface area (Å²) >= 11 is 0. The average molecular weight is 863 g/mol. The lowest BCUT2D eigenvalue weighted by atomic mass is 9.80. The molecule has 0 fully saturated rings. The lowest BCUT2D eigenvalue weighted by molar-refractivity contribution is -0.118. The molecule has 0 bridgehead atoms. The molecule has 0 aliphatic carbocycles. The molecule has 1 amide bonds. The van der Waals surface area contributed by atoms with E-state index in [1.807, 2.05) is 113 Å². The Hall–Kier alpha value is -6.30. The first-order valence-corrected chi connectivity index (χ1v) is 21.3. The summed E-state index contributed by atoms with van der Waals surface area (Å²) in [6.45, 7) is 7.88. The molecule has 2 atom stereocenters. The zero-order valence-electron chi connectivity index (χ0n) is 35.6. The third-order valence-corrected chi connectivity index (χ3v) is 11.9. The Morgan fingerprint density at radius 3 is 2.02 bits per heavy atom. The number of benzene rings is 4. The summed E-state index contributed by atoms with van der Waals surface area (Å²) in [5.41, 5.74) is 0.504. The minimum atomic E-state index is -1.78. The molecular weight excluding hydrogens is 812 g/mol. The molecule has 6 rings (SSSR count). The van der Waals surface area contributed by atoms with Crippen molar-refractivity contribution in [3.63, 3.8) is 0 Å². The highest BCUT2D eigenvalue weighted by atomic mass is 31.2. The fourth-order valence-electron chi connectivity index (χ4n) is 6.95. The van der Waals surface area contributed by atoms with E-state index >= 15 is 0 Å². The molecular formula is C46H51N6O9P. The van der Waals surface area contributed by atoms with Gasteiger partial charge in [-0.25, -0.2) is 19.0 Å². The van der Waals surface area contributed by atoms with Gasteiger partial charge < -0.3 is 32.7 Å². The zero-order chi connectivity index (χ0) is 44.1. The van der Waals surface area contributed by atoms with E-state index in [0.717, 1.165) is 16.7 Å². The number of nitrogens with zero attached hydrogens (tertiary/aromatic N) is 5. The standard InChI is InChI=1S/C46H51N6O9P/c1-32(2)52(33(3)4)62(59-27-13-26-47)61-40-28-43(51-31-48-44(50-45(51)54)49-42(53)30-57-39-16-11-8-12-17-39)60-41(40)29-58-46(34-14-9-7-10-15-34,35-18-22-37(55-5)23-19-35)36-20-24-38(56-6)25-21-36/h7-12,14-25,31-33,43H,13,27-30H2,1-6H3,(H,49,50,53,54)/t43-,62?/m1/s1. The molecule has 1 N–H and O–H groups in total. The Bertz CT molecular complexity index is 2300. The number of para-hydroxylation sites is 1. The van der Waals surface area contributed by atoms with Gasteiger partial charge in [0.25, 0.3) is 5.91 Å². The number of anilines is 1. The molecule has 1 aliphatic heterocycles. The van der Waals surface area contributed by atoms with Crippen molar-refractivity contribution in [1.29, 1.82) is 5.26 Å². The fraction of sp³-hybridized carbons (Fsp3) is 0.326. The quantitative estimate of drug-likeness (QED) is 0.0427.